The van der Waals surface area contributed by atoms with E-state index in [1.165, 1.54) is 24.3 Å². The van der Waals surface area contributed by atoms with Crippen LogP contribution < -0.4 is 15.0 Å². The molecule has 1 fully saturated rings. The second kappa shape index (κ2) is 8.11. The highest BCUT2D eigenvalue weighted by Gasteiger charge is 2.18. The Bertz CT molecular complexity index is 623. The van der Waals surface area contributed by atoms with Crippen molar-refractivity contribution in [3.05, 3.63) is 60.2 Å². The van der Waals surface area contributed by atoms with Crippen LogP contribution in [-0.4, -0.2) is 32.3 Å². The Labute approximate surface area is 141 Å². The molecule has 0 atom stereocenters. The van der Waals surface area contributed by atoms with Crippen molar-refractivity contribution in [2.24, 2.45) is 0 Å². The zero-order valence-corrected chi connectivity index (χ0v) is 13.6. The van der Waals surface area contributed by atoms with Gasteiger partial charge in [-0.15, -0.1) is 0 Å². The first-order valence-corrected chi connectivity index (χ1v) is 8.33. The monoisotopic (exact) mass is 332 g/mol. The van der Waals surface area contributed by atoms with Gasteiger partial charge in [-0.1, -0.05) is 0 Å². The van der Waals surface area contributed by atoms with E-state index in [0.29, 0.717) is 18.4 Å². The molecule has 0 bridgehead atoms. The summed E-state index contributed by atoms with van der Waals surface area (Å²) >= 11 is 0. The Morgan fingerprint density at radius 1 is 0.917 bits per heavy atom. The van der Waals surface area contributed by atoms with E-state index in [0.717, 1.165) is 38.2 Å². The van der Waals surface area contributed by atoms with Crippen molar-refractivity contribution in [1.29, 1.82) is 0 Å². The lowest BCUT2D eigenvalue weighted by Gasteiger charge is -2.34. The number of benzene rings is 2. The fourth-order valence-corrected chi connectivity index (χ4v) is 2.96. The van der Waals surface area contributed by atoms with E-state index in [1.807, 2.05) is 12.1 Å². The van der Waals surface area contributed by atoms with Crippen molar-refractivity contribution in [2.45, 2.75) is 18.9 Å². The third-order valence-electron chi connectivity index (χ3n) is 4.30. The average Bonchev–Trinajstić information content (AvgIpc) is 2.62. The highest BCUT2D eigenvalue weighted by atomic mass is 19.1. The SMILES string of the molecule is Fc1ccc(OCCNC2CCN(c3ccc(F)cc3)CC2)cc1. The van der Waals surface area contributed by atoms with Crippen LogP contribution in [0.1, 0.15) is 12.8 Å². The minimum Gasteiger partial charge on any atom is -0.492 e. The molecule has 1 N–H and O–H groups in total. The van der Waals surface area contributed by atoms with Crippen molar-refractivity contribution in [2.75, 3.05) is 31.1 Å². The molecule has 1 aliphatic heterocycles. The molecule has 0 aliphatic carbocycles. The Balaban J connectivity index is 1.35. The van der Waals surface area contributed by atoms with Crippen LogP contribution in [0.5, 0.6) is 5.75 Å². The summed E-state index contributed by atoms with van der Waals surface area (Å²) in [6, 6.07) is 13.2. The zero-order chi connectivity index (χ0) is 16.8. The average molecular weight is 332 g/mol. The smallest absolute Gasteiger partial charge is 0.123 e. The maximum Gasteiger partial charge on any atom is 0.123 e. The number of ether oxygens (including phenoxy) is 1. The minimum absolute atomic E-state index is 0.198. The summed E-state index contributed by atoms with van der Waals surface area (Å²) in [5.41, 5.74) is 1.08. The number of nitrogens with zero attached hydrogens (tertiary/aromatic N) is 1. The van der Waals surface area contributed by atoms with Crippen LogP contribution in [0.25, 0.3) is 0 Å². The fraction of sp³-hybridized carbons (Fsp3) is 0.368. The van der Waals surface area contributed by atoms with Crippen LogP contribution in [0, 0.1) is 11.6 Å². The largest absolute Gasteiger partial charge is 0.492 e. The predicted molar refractivity (Wildman–Crippen MR) is 91.5 cm³/mol. The van der Waals surface area contributed by atoms with Gasteiger partial charge >= 0.3 is 0 Å². The maximum absolute atomic E-state index is 13.0. The summed E-state index contributed by atoms with van der Waals surface area (Å²) in [6.07, 6.45) is 2.10. The van der Waals surface area contributed by atoms with Gasteiger partial charge in [-0.25, -0.2) is 8.78 Å². The van der Waals surface area contributed by atoms with E-state index in [1.54, 1.807) is 12.1 Å². The first-order chi connectivity index (χ1) is 11.7. The number of hydrogen-bond acceptors (Lipinski definition) is 3. The van der Waals surface area contributed by atoms with Crippen LogP contribution >= 0.6 is 0 Å². The molecule has 5 heteroatoms. The quantitative estimate of drug-likeness (QED) is 0.818. The van der Waals surface area contributed by atoms with Crippen molar-refractivity contribution in [1.82, 2.24) is 5.32 Å². The lowest BCUT2D eigenvalue weighted by Crippen LogP contribution is -2.43. The molecule has 0 spiro atoms. The van der Waals surface area contributed by atoms with Crippen LogP contribution in [0.4, 0.5) is 14.5 Å². The Kier molecular flexibility index (Phi) is 5.64. The topological polar surface area (TPSA) is 24.5 Å². The summed E-state index contributed by atoms with van der Waals surface area (Å²) in [6.45, 7) is 3.24. The van der Waals surface area contributed by atoms with Crippen molar-refractivity contribution < 1.29 is 13.5 Å². The van der Waals surface area contributed by atoms with Gasteiger partial charge in [0.25, 0.3) is 0 Å². The number of nitrogens with one attached hydrogen (secondary N) is 1. The van der Waals surface area contributed by atoms with Crippen molar-refractivity contribution in [3.8, 4) is 5.75 Å². The first kappa shape index (κ1) is 16.7. The molecule has 24 heavy (non-hydrogen) atoms. The summed E-state index contributed by atoms with van der Waals surface area (Å²) in [5, 5.41) is 3.50. The number of anilines is 1. The van der Waals surface area contributed by atoms with E-state index in [-0.39, 0.29) is 11.6 Å². The van der Waals surface area contributed by atoms with Gasteiger partial charge < -0.3 is 15.0 Å². The van der Waals surface area contributed by atoms with Gasteiger partial charge in [0.1, 0.15) is 24.0 Å². The lowest BCUT2D eigenvalue weighted by molar-refractivity contribution is 0.296. The van der Waals surface area contributed by atoms with Gasteiger partial charge in [-0.2, -0.15) is 0 Å². The lowest BCUT2D eigenvalue weighted by atomic mass is 10.0. The van der Waals surface area contributed by atoms with E-state index in [4.69, 9.17) is 4.74 Å². The maximum atomic E-state index is 13.0. The third-order valence-corrected chi connectivity index (χ3v) is 4.30. The van der Waals surface area contributed by atoms with E-state index >= 15 is 0 Å². The van der Waals surface area contributed by atoms with Gasteiger partial charge in [0, 0.05) is 31.4 Å². The van der Waals surface area contributed by atoms with Crippen LogP contribution in [0.3, 0.4) is 0 Å². The van der Waals surface area contributed by atoms with Gasteiger partial charge in [0.2, 0.25) is 0 Å². The Morgan fingerprint density at radius 3 is 2.12 bits per heavy atom. The highest BCUT2D eigenvalue weighted by molar-refractivity contribution is 5.46. The minimum atomic E-state index is -0.256. The number of hydrogen-bond donors (Lipinski definition) is 1. The molecule has 1 saturated heterocycles. The van der Waals surface area contributed by atoms with Gasteiger partial charge in [-0.3, -0.25) is 0 Å². The van der Waals surface area contributed by atoms with Crippen LogP contribution in [0.2, 0.25) is 0 Å². The van der Waals surface area contributed by atoms with Crippen LogP contribution in [-0.2, 0) is 0 Å². The molecule has 2 aromatic carbocycles. The molecule has 3 nitrogen and oxygen atoms in total. The fourth-order valence-electron chi connectivity index (χ4n) is 2.96. The number of halogens is 2. The standard InChI is InChI=1S/C19H22F2N2O/c20-15-1-5-18(6-2-15)23-12-9-17(10-13-23)22-11-14-24-19-7-3-16(21)4-8-19/h1-8,17,22H,9-14H2. The van der Waals surface area contributed by atoms with E-state index in [9.17, 15) is 8.78 Å². The third kappa shape index (κ3) is 4.68. The van der Waals surface area contributed by atoms with Crippen molar-refractivity contribution in [3.63, 3.8) is 0 Å². The van der Waals surface area contributed by atoms with E-state index in [2.05, 4.69) is 10.2 Å². The highest BCUT2D eigenvalue weighted by Crippen LogP contribution is 2.20. The summed E-state index contributed by atoms with van der Waals surface area (Å²) < 4.78 is 31.4. The second-order valence-electron chi connectivity index (χ2n) is 5.99. The molecule has 0 unspecified atom stereocenters. The van der Waals surface area contributed by atoms with Gasteiger partial charge in [0.15, 0.2) is 0 Å². The Hall–Kier alpha value is -2.14. The summed E-state index contributed by atoms with van der Waals surface area (Å²) in [5.74, 6) is 0.231. The number of piperidine rings is 1. The zero-order valence-electron chi connectivity index (χ0n) is 13.6. The summed E-state index contributed by atoms with van der Waals surface area (Å²) in [4.78, 5) is 2.28. The molecule has 1 aliphatic rings. The second-order valence-corrected chi connectivity index (χ2v) is 5.99. The number of rotatable bonds is 6. The summed E-state index contributed by atoms with van der Waals surface area (Å²) in [7, 11) is 0. The normalized spacial score (nSPS) is 15.5. The van der Waals surface area contributed by atoms with Crippen LogP contribution in [0.15, 0.2) is 48.5 Å². The molecule has 3 rings (SSSR count). The molecular weight excluding hydrogens is 310 g/mol. The molecule has 0 radical (unpaired) electrons. The molecular formula is C19H22F2N2O. The predicted octanol–water partition coefficient (Wildman–Crippen LogP) is 3.60. The molecule has 0 saturated carbocycles. The van der Waals surface area contributed by atoms with Gasteiger partial charge in [0.05, 0.1) is 0 Å². The molecule has 2 aromatic rings. The van der Waals surface area contributed by atoms with Gasteiger partial charge in [-0.05, 0) is 61.4 Å². The molecule has 0 amide bonds. The van der Waals surface area contributed by atoms with E-state index < -0.39 is 0 Å². The molecule has 128 valence electrons. The Morgan fingerprint density at radius 2 is 1.50 bits per heavy atom. The first-order valence-electron chi connectivity index (χ1n) is 8.33. The molecule has 0 aromatic heterocycles. The molecule has 1 heterocycles. The van der Waals surface area contributed by atoms with Crippen molar-refractivity contribution >= 4 is 5.69 Å².